The summed E-state index contributed by atoms with van der Waals surface area (Å²) in [5.41, 5.74) is -0.476. The fraction of sp³-hybridized carbons (Fsp3) is 0.323. The van der Waals surface area contributed by atoms with E-state index in [-0.39, 0.29) is 18.0 Å². The summed E-state index contributed by atoms with van der Waals surface area (Å²) in [7, 11) is 1.26. The van der Waals surface area contributed by atoms with E-state index in [1.54, 1.807) is 6.92 Å². The third kappa shape index (κ3) is 10.2. The van der Waals surface area contributed by atoms with E-state index in [1.165, 1.54) is 43.5 Å². The molecule has 1 fully saturated rings. The maximum atomic E-state index is 13.3. The van der Waals surface area contributed by atoms with E-state index in [0.29, 0.717) is 10.7 Å². The molecule has 0 saturated carbocycles. The van der Waals surface area contributed by atoms with Gasteiger partial charge in [0.05, 0.1) is 5.56 Å². The van der Waals surface area contributed by atoms with Gasteiger partial charge in [-0.25, -0.2) is 18.8 Å². The van der Waals surface area contributed by atoms with Crippen molar-refractivity contribution in [1.29, 1.82) is 0 Å². The van der Waals surface area contributed by atoms with Crippen molar-refractivity contribution in [3.63, 3.8) is 0 Å². The largest absolute Gasteiger partial charge is 0.446 e. The SMILES string of the molecule is CCO[C@H]1O[C@H](COC(=O)Nc2ccc(F)cc2)[C@@H](OC(=O)Nc2ccc(C(F)(F)F)cc2)[C@H](OC(=O)Nc2ccc(Cl)cc2)[C@H]1OC. The molecule has 3 amide bonds. The van der Waals surface area contributed by atoms with Crippen LogP contribution in [0.3, 0.4) is 0 Å². The van der Waals surface area contributed by atoms with Gasteiger partial charge in [-0.3, -0.25) is 16.0 Å². The smallest absolute Gasteiger partial charge is 0.416 e. The van der Waals surface area contributed by atoms with Crippen LogP contribution in [0.15, 0.2) is 72.8 Å². The number of hydrogen-bond donors (Lipinski definition) is 3. The van der Waals surface area contributed by atoms with Gasteiger partial charge in [0.1, 0.15) is 24.6 Å². The second-order valence-corrected chi connectivity index (χ2v) is 10.4. The molecule has 0 aliphatic carbocycles. The van der Waals surface area contributed by atoms with Gasteiger partial charge in [-0.15, -0.1) is 0 Å². The maximum absolute atomic E-state index is 13.3. The number of amides is 3. The molecule has 3 aromatic carbocycles. The van der Waals surface area contributed by atoms with Crippen LogP contribution in [0.4, 0.5) is 49.0 Å². The maximum Gasteiger partial charge on any atom is 0.416 e. The molecule has 1 aliphatic heterocycles. The Bertz CT molecular complexity index is 1530. The lowest BCUT2D eigenvalue weighted by molar-refractivity contribution is -0.301. The van der Waals surface area contributed by atoms with Crippen molar-refractivity contribution in [2.45, 2.75) is 43.8 Å². The first-order chi connectivity index (χ1) is 22.9. The molecule has 0 bridgehead atoms. The molecule has 1 aliphatic rings. The molecule has 0 radical (unpaired) electrons. The minimum Gasteiger partial charge on any atom is -0.446 e. The Morgan fingerprint density at radius 3 is 1.79 bits per heavy atom. The first kappa shape index (κ1) is 36.2. The molecule has 1 heterocycles. The zero-order valence-corrected chi connectivity index (χ0v) is 26.0. The Kier molecular flexibility index (Phi) is 12.4. The van der Waals surface area contributed by atoms with Crippen molar-refractivity contribution in [2.24, 2.45) is 0 Å². The number of halogens is 5. The molecule has 12 nitrogen and oxygen atoms in total. The van der Waals surface area contributed by atoms with Gasteiger partial charge in [-0.2, -0.15) is 13.2 Å². The van der Waals surface area contributed by atoms with Crippen LogP contribution in [-0.2, 0) is 34.6 Å². The van der Waals surface area contributed by atoms with Gasteiger partial charge in [-0.1, -0.05) is 11.6 Å². The van der Waals surface area contributed by atoms with E-state index < -0.39 is 73.1 Å². The second-order valence-electron chi connectivity index (χ2n) is 10.0. The van der Waals surface area contributed by atoms with Gasteiger partial charge < -0.3 is 28.4 Å². The molecule has 258 valence electrons. The molecule has 0 spiro atoms. The molecule has 4 rings (SSSR count). The Balaban J connectivity index is 1.57. The molecule has 3 N–H and O–H groups in total. The quantitative estimate of drug-likeness (QED) is 0.150. The zero-order chi connectivity index (χ0) is 34.8. The van der Waals surface area contributed by atoms with Crippen LogP contribution in [0.2, 0.25) is 5.02 Å². The predicted molar refractivity (Wildman–Crippen MR) is 163 cm³/mol. The molecule has 0 unspecified atom stereocenters. The van der Waals surface area contributed by atoms with Crippen LogP contribution < -0.4 is 16.0 Å². The Morgan fingerprint density at radius 1 is 0.771 bits per heavy atom. The predicted octanol–water partition coefficient (Wildman–Crippen LogP) is 7.06. The lowest BCUT2D eigenvalue weighted by atomic mass is 9.98. The molecule has 0 aromatic heterocycles. The van der Waals surface area contributed by atoms with Crippen LogP contribution in [0.25, 0.3) is 0 Å². The van der Waals surface area contributed by atoms with Crippen LogP contribution in [0.5, 0.6) is 0 Å². The minimum absolute atomic E-state index is 0.0513. The van der Waals surface area contributed by atoms with Crippen molar-refractivity contribution in [2.75, 3.05) is 36.3 Å². The summed E-state index contributed by atoms with van der Waals surface area (Å²) in [5.74, 6) is -0.528. The van der Waals surface area contributed by atoms with Crippen molar-refractivity contribution in [3.8, 4) is 0 Å². The third-order valence-electron chi connectivity index (χ3n) is 6.70. The summed E-state index contributed by atoms with van der Waals surface area (Å²) in [6, 6.07) is 14.4. The highest BCUT2D eigenvalue weighted by Crippen LogP contribution is 2.32. The van der Waals surface area contributed by atoms with Crippen LogP contribution in [0, 0.1) is 5.82 Å². The second kappa shape index (κ2) is 16.5. The van der Waals surface area contributed by atoms with Gasteiger partial charge >= 0.3 is 24.5 Å². The van der Waals surface area contributed by atoms with E-state index in [4.69, 9.17) is 40.0 Å². The molecule has 1 saturated heterocycles. The highest BCUT2D eigenvalue weighted by Gasteiger charge is 2.52. The van der Waals surface area contributed by atoms with Crippen LogP contribution in [0.1, 0.15) is 12.5 Å². The molecule has 48 heavy (non-hydrogen) atoms. The van der Waals surface area contributed by atoms with Crippen molar-refractivity contribution >= 4 is 46.9 Å². The number of hydrogen-bond acceptors (Lipinski definition) is 9. The number of carbonyl (C=O) groups is 3. The van der Waals surface area contributed by atoms with Gasteiger partial charge in [0.15, 0.2) is 18.5 Å². The topological polar surface area (TPSA) is 143 Å². The lowest BCUT2D eigenvalue weighted by Gasteiger charge is -2.44. The molecular formula is C31H30ClF4N3O9. The standard InChI is InChI=1S/C31H30ClF4N3O9/c1-3-44-27-26(43-2)25(48-30(42)39-21-12-6-18(32)7-13-21)24(47-29(41)38-20-10-4-17(5-11-20)31(34,35)36)23(46-27)16-45-28(40)37-22-14-8-19(33)9-15-22/h4-15,23-27H,3,16H2,1-2H3,(H,37,40)(H,38,41)(H,39,42)/t23-,24-,25+,26-,27+/m1/s1. The summed E-state index contributed by atoms with van der Waals surface area (Å²) in [6.07, 6.45) is -14.5. The number of ether oxygens (including phenoxy) is 6. The average Bonchev–Trinajstić information content (AvgIpc) is 3.03. The van der Waals surface area contributed by atoms with Crippen LogP contribution in [-0.4, -0.2) is 69.3 Å². The third-order valence-corrected chi connectivity index (χ3v) is 6.95. The fourth-order valence-corrected chi connectivity index (χ4v) is 4.62. The first-order valence-corrected chi connectivity index (χ1v) is 14.6. The molecule has 5 atom stereocenters. The fourth-order valence-electron chi connectivity index (χ4n) is 4.50. The number of rotatable bonds is 10. The minimum atomic E-state index is -4.60. The summed E-state index contributed by atoms with van der Waals surface area (Å²) < 4.78 is 86.0. The van der Waals surface area contributed by atoms with Crippen LogP contribution >= 0.6 is 11.6 Å². The monoisotopic (exact) mass is 699 g/mol. The highest BCUT2D eigenvalue weighted by atomic mass is 35.5. The number of carbonyl (C=O) groups excluding carboxylic acids is 3. The Labute approximate surface area is 276 Å². The normalized spacial score (nSPS) is 20.7. The van der Waals surface area contributed by atoms with E-state index in [1.807, 2.05) is 0 Å². The molecule has 17 heteroatoms. The molecule has 3 aromatic rings. The average molecular weight is 700 g/mol. The van der Waals surface area contributed by atoms with Crippen molar-refractivity contribution < 1.29 is 60.4 Å². The summed E-state index contributed by atoms with van der Waals surface area (Å²) in [4.78, 5) is 38.7. The van der Waals surface area contributed by atoms with Crippen molar-refractivity contribution in [1.82, 2.24) is 0 Å². The van der Waals surface area contributed by atoms with Gasteiger partial charge in [-0.05, 0) is 79.7 Å². The van der Waals surface area contributed by atoms with Gasteiger partial charge in [0.2, 0.25) is 0 Å². The number of alkyl halides is 3. The zero-order valence-electron chi connectivity index (χ0n) is 25.3. The Morgan fingerprint density at radius 2 is 1.27 bits per heavy atom. The van der Waals surface area contributed by atoms with Gasteiger partial charge in [0, 0.05) is 35.8 Å². The number of benzene rings is 3. The van der Waals surface area contributed by atoms with Crippen molar-refractivity contribution in [3.05, 3.63) is 89.2 Å². The van der Waals surface area contributed by atoms with E-state index in [2.05, 4.69) is 16.0 Å². The molecular weight excluding hydrogens is 670 g/mol. The number of anilines is 3. The summed E-state index contributed by atoms with van der Waals surface area (Å²) >= 11 is 5.91. The number of nitrogens with one attached hydrogen (secondary N) is 3. The van der Waals surface area contributed by atoms with E-state index in [0.717, 1.165) is 36.4 Å². The van der Waals surface area contributed by atoms with Gasteiger partial charge in [0.25, 0.3) is 0 Å². The lowest BCUT2D eigenvalue weighted by Crippen LogP contribution is -2.63. The first-order valence-electron chi connectivity index (χ1n) is 14.2. The summed E-state index contributed by atoms with van der Waals surface area (Å²) in [6.45, 7) is 1.16. The highest BCUT2D eigenvalue weighted by molar-refractivity contribution is 6.30. The van der Waals surface area contributed by atoms with E-state index in [9.17, 15) is 31.9 Å². The number of methoxy groups -OCH3 is 1. The summed E-state index contributed by atoms with van der Waals surface area (Å²) in [5, 5.41) is 7.62. The Hall–Kier alpha value is -4.64. The van der Waals surface area contributed by atoms with E-state index >= 15 is 0 Å².